The van der Waals surface area contributed by atoms with E-state index >= 15 is 0 Å². The van der Waals surface area contributed by atoms with Crippen LogP contribution in [0.3, 0.4) is 0 Å². The van der Waals surface area contributed by atoms with E-state index in [1.807, 2.05) is 19.0 Å². The first kappa shape index (κ1) is 18.9. The van der Waals surface area contributed by atoms with Crippen LogP contribution >= 0.6 is 0 Å². The lowest BCUT2D eigenvalue weighted by Gasteiger charge is -2.32. The predicted octanol–water partition coefficient (Wildman–Crippen LogP) is 2.33. The van der Waals surface area contributed by atoms with Crippen LogP contribution in [0.15, 0.2) is 51.9 Å². The third-order valence-electron chi connectivity index (χ3n) is 4.86. The first-order valence-corrected chi connectivity index (χ1v) is 9.50. The summed E-state index contributed by atoms with van der Waals surface area (Å²) in [6.07, 6.45) is 4.56. The maximum Gasteiger partial charge on any atom is 0.289 e. The van der Waals surface area contributed by atoms with Gasteiger partial charge in [0, 0.05) is 39.1 Å². The number of ether oxygens (including phenoxy) is 1. The molecule has 2 aromatic heterocycles. The minimum atomic E-state index is -0.312. The van der Waals surface area contributed by atoms with E-state index in [2.05, 4.69) is 9.97 Å². The van der Waals surface area contributed by atoms with Crippen LogP contribution in [0.4, 0.5) is 5.82 Å². The van der Waals surface area contributed by atoms with Crippen LogP contribution in [0, 0.1) is 0 Å². The average Bonchev–Trinajstić information content (AvgIpc) is 2.73. The van der Waals surface area contributed by atoms with Gasteiger partial charge in [-0.05, 0) is 25.0 Å². The number of fused-ring (bicyclic) bond motifs is 1. The van der Waals surface area contributed by atoms with Crippen molar-refractivity contribution in [2.24, 2.45) is 0 Å². The minimum absolute atomic E-state index is 0.0443. The summed E-state index contributed by atoms with van der Waals surface area (Å²) in [7, 11) is 3.74. The molecule has 1 fully saturated rings. The van der Waals surface area contributed by atoms with E-state index in [9.17, 15) is 9.59 Å². The summed E-state index contributed by atoms with van der Waals surface area (Å²) in [6.45, 7) is 0.967. The van der Waals surface area contributed by atoms with Gasteiger partial charge in [-0.2, -0.15) is 0 Å². The van der Waals surface area contributed by atoms with Gasteiger partial charge in [0.25, 0.3) is 11.8 Å². The molecule has 0 radical (unpaired) electrons. The summed E-state index contributed by atoms with van der Waals surface area (Å²) in [5.74, 6) is 0.807. The number of likely N-dealkylation sites (tertiary alicyclic amines) is 1. The zero-order valence-electron chi connectivity index (χ0n) is 16.4. The summed E-state index contributed by atoms with van der Waals surface area (Å²) < 4.78 is 11.8. The van der Waals surface area contributed by atoms with Gasteiger partial charge in [0.15, 0.2) is 17.0 Å². The molecular formula is C21H22N4O4. The standard InChI is InChI=1S/C21H22N4O4/c1-24(2)19-20(23-10-9-22-19)28-14-6-5-11-25(13-14)21(27)18-12-16(26)15-7-3-4-8-17(15)29-18/h3-4,7-10,12,14H,5-6,11,13H2,1-2H3. The van der Waals surface area contributed by atoms with Gasteiger partial charge in [-0.25, -0.2) is 9.97 Å². The molecular weight excluding hydrogens is 372 g/mol. The smallest absolute Gasteiger partial charge is 0.289 e. The van der Waals surface area contributed by atoms with Gasteiger partial charge < -0.3 is 19.0 Å². The molecule has 1 aliphatic heterocycles. The fraction of sp³-hybridized carbons (Fsp3) is 0.333. The maximum atomic E-state index is 13.0. The van der Waals surface area contributed by atoms with Crippen molar-refractivity contribution in [2.75, 3.05) is 32.1 Å². The van der Waals surface area contributed by atoms with Crippen LogP contribution < -0.4 is 15.1 Å². The molecule has 1 unspecified atom stereocenters. The first-order valence-electron chi connectivity index (χ1n) is 9.50. The number of anilines is 1. The largest absolute Gasteiger partial charge is 0.470 e. The highest BCUT2D eigenvalue weighted by atomic mass is 16.5. The molecule has 4 rings (SSSR count). The third kappa shape index (κ3) is 3.91. The quantitative estimate of drug-likeness (QED) is 0.671. The van der Waals surface area contributed by atoms with Crippen molar-refractivity contribution >= 4 is 22.7 Å². The van der Waals surface area contributed by atoms with Crippen LogP contribution in [-0.2, 0) is 0 Å². The highest BCUT2D eigenvalue weighted by molar-refractivity contribution is 5.93. The Bertz CT molecular complexity index is 1100. The zero-order valence-corrected chi connectivity index (χ0v) is 16.4. The Morgan fingerprint density at radius 3 is 2.86 bits per heavy atom. The van der Waals surface area contributed by atoms with Crippen molar-refractivity contribution in [1.29, 1.82) is 0 Å². The molecule has 0 N–H and O–H groups in total. The number of aromatic nitrogens is 2. The molecule has 0 bridgehead atoms. The van der Waals surface area contributed by atoms with E-state index in [4.69, 9.17) is 9.15 Å². The van der Waals surface area contributed by atoms with E-state index in [1.165, 1.54) is 6.07 Å². The number of para-hydroxylation sites is 1. The van der Waals surface area contributed by atoms with Crippen LogP contribution in [-0.4, -0.2) is 54.1 Å². The maximum absolute atomic E-state index is 13.0. The summed E-state index contributed by atoms with van der Waals surface area (Å²) in [5, 5.41) is 0.461. The lowest BCUT2D eigenvalue weighted by Crippen LogP contribution is -2.44. The number of rotatable bonds is 4. The Labute approximate surface area is 167 Å². The van der Waals surface area contributed by atoms with Crippen molar-refractivity contribution in [3.05, 3.63) is 58.7 Å². The Morgan fingerprint density at radius 2 is 2.03 bits per heavy atom. The molecule has 1 saturated heterocycles. The molecule has 1 aliphatic rings. The van der Waals surface area contributed by atoms with Crippen molar-refractivity contribution in [3.63, 3.8) is 0 Å². The Kier molecular flexibility index (Phi) is 5.16. The Morgan fingerprint density at radius 1 is 1.24 bits per heavy atom. The molecule has 8 nitrogen and oxygen atoms in total. The van der Waals surface area contributed by atoms with Gasteiger partial charge in [0.1, 0.15) is 11.7 Å². The average molecular weight is 394 g/mol. The third-order valence-corrected chi connectivity index (χ3v) is 4.86. The molecule has 0 spiro atoms. The Hall–Kier alpha value is -3.42. The normalized spacial score (nSPS) is 16.6. The molecule has 1 aromatic carbocycles. The number of carbonyl (C=O) groups excluding carboxylic acids is 1. The molecule has 1 amide bonds. The summed E-state index contributed by atoms with van der Waals surface area (Å²) in [5.41, 5.74) is 0.179. The number of hydrogen-bond acceptors (Lipinski definition) is 7. The van der Waals surface area contributed by atoms with Crippen molar-refractivity contribution < 1.29 is 13.9 Å². The molecule has 29 heavy (non-hydrogen) atoms. The van der Waals surface area contributed by atoms with Gasteiger partial charge in [0.2, 0.25) is 0 Å². The predicted molar refractivity (Wildman–Crippen MR) is 108 cm³/mol. The van der Waals surface area contributed by atoms with E-state index in [0.717, 1.165) is 12.8 Å². The van der Waals surface area contributed by atoms with Gasteiger partial charge >= 0.3 is 0 Å². The highest BCUT2D eigenvalue weighted by Crippen LogP contribution is 2.25. The topological polar surface area (TPSA) is 88.8 Å². The van der Waals surface area contributed by atoms with Crippen molar-refractivity contribution in [1.82, 2.24) is 14.9 Å². The summed E-state index contributed by atoms with van der Waals surface area (Å²) >= 11 is 0. The second kappa shape index (κ2) is 7.90. The van der Waals surface area contributed by atoms with Crippen molar-refractivity contribution in [3.8, 4) is 5.88 Å². The van der Waals surface area contributed by atoms with E-state index in [0.29, 0.717) is 35.8 Å². The fourth-order valence-electron chi connectivity index (χ4n) is 3.45. The molecule has 3 heterocycles. The SMILES string of the molecule is CN(C)c1nccnc1OC1CCCN(C(=O)c2cc(=O)c3ccccc3o2)C1. The number of amides is 1. The van der Waals surface area contributed by atoms with Crippen LogP contribution in [0.2, 0.25) is 0 Å². The molecule has 150 valence electrons. The van der Waals surface area contributed by atoms with Crippen LogP contribution in [0.1, 0.15) is 23.4 Å². The van der Waals surface area contributed by atoms with E-state index in [1.54, 1.807) is 41.6 Å². The number of hydrogen-bond donors (Lipinski definition) is 0. The van der Waals surface area contributed by atoms with Gasteiger partial charge in [-0.1, -0.05) is 12.1 Å². The van der Waals surface area contributed by atoms with Gasteiger partial charge in [0.05, 0.1) is 11.9 Å². The highest BCUT2D eigenvalue weighted by Gasteiger charge is 2.28. The van der Waals surface area contributed by atoms with Gasteiger partial charge in [-0.3, -0.25) is 9.59 Å². The fourth-order valence-corrected chi connectivity index (χ4v) is 3.45. The van der Waals surface area contributed by atoms with E-state index in [-0.39, 0.29) is 23.2 Å². The Balaban J connectivity index is 1.53. The molecule has 0 saturated carbocycles. The van der Waals surface area contributed by atoms with Gasteiger partial charge in [-0.15, -0.1) is 0 Å². The molecule has 8 heteroatoms. The number of benzene rings is 1. The van der Waals surface area contributed by atoms with Crippen molar-refractivity contribution in [2.45, 2.75) is 18.9 Å². The molecule has 3 aromatic rings. The van der Waals surface area contributed by atoms with Crippen LogP contribution in [0.25, 0.3) is 11.0 Å². The lowest BCUT2D eigenvalue weighted by molar-refractivity contribution is 0.0501. The number of carbonyl (C=O) groups is 1. The zero-order chi connectivity index (χ0) is 20.4. The lowest BCUT2D eigenvalue weighted by atomic mass is 10.1. The van der Waals surface area contributed by atoms with E-state index < -0.39 is 0 Å². The second-order valence-corrected chi connectivity index (χ2v) is 7.18. The summed E-state index contributed by atoms with van der Waals surface area (Å²) in [4.78, 5) is 37.3. The summed E-state index contributed by atoms with van der Waals surface area (Å²) in [6, 6.07) is 8.17. The van der Waals surface area contributed by atoms with Crippen LogP contribution in [0.5, 0.6) is 5.88 Å². The minimum Gasteiger partial charge on any atom is -0.470 e. The number of piperidine rings is 1. The number of nitrogens with zero attached hydrogens (tertiary/aromatic N) is 4. The second-order valence-electron chi connectivity index (χ2n) is 7.18. The monoisotopic (exact) mass is 394 g/mol. The first-order chi connectivity index (χ1) is 14.0. The molecule has 1 atom stereocenters. The molecule has 0 aliphatic carbocycles.